The van der Waals surface area contributed by atoms with Crippen molar-refractivity contribution in [3.8, 4) is 0 Å². The zero-order valence-electron chi connectivity index (χ0n) is 12.5. The second-order valence-corrected chi connectivity index (χ2v) is 7.22. The number of aromatic nitrogens is 2. The number of hydrogen-bond acceptors (Lipinski definition) is 4. The van der Waals surface area contributed by atoms with E-state index in [0.717, 1.165) is 30.5 Å². The summed E-state index contributed by atoms with van der Waals surface area (Å²) in [6.07, 6.45) is 5.51. The van der Waals surface area contributed by atoms with Crippen molar-refractivity contribution in [3.63, 3.8) is 0 Å². The minimum absolute atomic E-state index is 0.571. The normalized spacial score (nSPS) is 24.8. The average molecular weight is 292 g/mol. The van der Waals surface area contributed by atoms with Crippen LogP contribution in [-0.4, -0.2) is 39.5 Å². The number of hydrogen-bond donors (Lipinski definition) is 1. The van der Waals surface area contributed by atoms with Gasteiger partial charge in [-0.25, -0.2) is 4.98 Å². The van der Waals surface area contributed by atoms with E-state index in [0.29, 0.717) is 12.1 Å². The van der Waals surface area contributed by atoms with Crippen LogP contribution in [0.2, 0.25) is 0 Å². The highest BCUT2D eigenvalue weighted by Crippen LogP contribution is 2.19. The number of fused-ring (bicyclic) bond motifs is 1. The van der Waals surface area contributed by atoms with Crippen molar-refractivity contribution in [2.75, 3.05) is 13.1 Å². The van der Waals surface area contributed by atoms with Gasteiger partial charge in [0.25, 0.3) is 0 Å². The molecule has 1 fully saturated rings. The van der Waals surface area contributed by atoms with E-state index >= 15 is 0 Å². The fourth-order valence-corrected chi connectivity index (χ4v) is 3.78. The summed E-state index contributed by atoms with van der Waals surface area (Å²) in [5, 5.41) is 5.69. The van der Waals surface area contributed by atoms with Crippen molar-refractivity contribution in [3.05, 3.63) is 23.5 Å². The monoisotopic (exact) mass is 292 g/mol. The Morgan fingerprint density at radius 3 is 3.10 bits per heavy atom. The van der Waals surface area contributed by atoms with E-state index in [2.05, 4.69) is 53.2 Å². The topological polar surface area (TPSA) is 32.6 Å². The van der Waals surface area contributed by atoms with E-state index < -0.39 is 0 Å². The highest BCUT2D eigenvalue weighted by atomic mass is 32.1. The zero-order chi connectivity index (χ0) is 14.1. The van der Waals surface area contributed by atoms with Crippen molar-refractivity contribution >= 4 is 16.3 Å². The van der Waals surface area contributed by atoms with E-state index in [9.17, 15) is 0 Å². The summed E-state index contributed by atoms with van der Waals surface area (Å²) >= 11 is 1.70. The van der Waals surface area contributed by atoms with E-state index in [1.165, 1.54) is 12.1 Å². The van der Waals surface area contributed by atoms with Crippen LogP contribution in [0.1, 0.15) is 32.9 Å². The summed E-state index contributed by atoms with van der Waals surface area (Å²) in [5.74, 6) is 0.739. The van der Waals surface area contributed by atoms with Crippen LogP contribution >= 0.6 is 11.3 Å². The Morgan fingerprint density at radius 1 is 1.50 bits per heavy atom. The number of nitrogens with zero attached hydrogens (tertiary/aromatic N) is 3. The molecule has 20 heavy (non-hydrogen) atoms. The Morgan fingerprint density at radius 2 is 2.35 bits per heavy atom. The lowest BCUT2D eigenvalue weighted by atomic mass is 9.99. The first kappa shape index (κ1) is 14.0. The molecule has 0 aliphatic carbocycles. The SMILES string of the molecule is CC(C)CC1CNC(C)CN1Cc1cn2ccsc2n1. The third-order valence-electron chi connectivity index (χ3n) is 3.98. The Bertz CT molecular complexity index is 530. The first-order chi connectivity index (χ1) is 9.61. The molecule has 0 saturated carbocycles. The molecule has 2 aromatic rings. The Kier molecular flexibility index (Phi) is 4.10. The molecule has 3 rings (SSSR count). The van der Waals surface area contributed by atoms with Crippen LogP contribution in [0.15, 0.2) is 17.8 Å². The summed E-state index contributed by atoms with van der Waals surface area (Å²) in [4.78, 5) is 8.43. The first-order valence-electron chi connectivity index (χ1n) is 7.50. The fourth-order valence-electron chi connectivity index (χ4n) is 3.06. The minimum Gasteiger partial charge on any atom is -0.311 e. The smallest absolute Gasteiger partial charge is 0.193 e. The van der Waals surface area contributed by atoms with Gasteiger partial charge in [-0.3, -0.25) is 9.30 Å². The second-order valence-electron chi connectivity index (χ2n) is 6.35. The van der Waals surface area contributed by atoms with Crippen molar-refractivity contribution < 1.29 is 0 Å². The van der Waals surface area contributed by atoms with Gasteiger partial charge in [0.15, 0.2) is 4.96 Å². The predicted molar refractivity (Wildman–Crippen MR) is 84.2 cm³/mol. The molecule has 0 amide bonds. The van der Waals surface area contributed by atoms with Crippen LogP contribution in [0.25, 0.3) is 4.96 Å². The third-order valence-corrected chi connectivity index (χ3v) is 4.75. The van der Waals surface area contributed by atoms with Crippen molar-refractivity contribution in [1.82, 2.24) is 19.6 Å². The van der Waals surface area contributed by atoms with Crippen LogP contribution in [0.4, 0.5) is 0 Å². The molecule has 2 aromatic heterocycles. The maximum absolute atomic E-state index is 4.72. The van der Waals surface area contributed by atoms with Gasteiger partial charge in [0.1, 0.15) is 0 Å². The van der Waals surface area contributed by atoms with E-state index in [1.54, 1.807) is 11.3 Å². The van der Waals surface area contributed by atoms with Crippen LogP contribution in [-0.2, 0) is 6.54 Å². The van der Waals surface area contributed by atoms with Gasteiger partial charge >= 0.3 is 0 Å². The van der Waals surface area contributed by atoms with Crippen LogP contribution < -0.4 is 5.32 Å². The van der Waals surface area contributed by atoms with E-state index in [4.69, 9.17) is 4.98 Å². The first-order valence-corrected chi connectivity index (χ1v) is 8.38. The van der Waals surface area contributed by atoms with Gasteiger partial charge < -0.3 is 5.32 Å². The van der Waals surface area contributed by atoms with E-state index in [-0.39, 0.29) is 0 Å². The van der Waals surface area contributed by atoms with Gasteiger partial charge in [0.05, 0.1) is 5.69 Å². The standard InChI is InChI=1S/C15H24N4S/c1-11(2)6-14-7-16-12(3)8-19(14)10-13-9-18-4-5-20-15(18)17-13/h4-5,9,11-12,14,16H,6-8,10H2,1-3H3. The summed E-state index contributed by atoms with van der Waals surface area (Å²) in [7, 11) is 0. The highest BCUT2D eigenvalue weighted by Gasteiger charge is 2.26. The maximum atomic E-state index is 4.72. The molecule has 2 unspecified atom stereocenters. The summed E-state index contributed by atoms with van der Waals surface area (Å²) in [6, 6.07) is 1.20. The van der Waals surface area contributed by atoms with Gasteiger partial charge in [-0.1, -0.05) is 13.8 Å². The van der Waals surface area contributed by atoms with Gasteiger partial charge in [-0.05, 0) is 19.3 Å². The number of imidazole rings is 1. The molecular weight excluding hydrogens is 268 g/mol. The number of nitrogens with one attached hydrogen (secondary N) is 1. The minimum atomic E-state index is 0.571. The van der Waals surface area contributed by atoms with Crippen LogP contribution in [0.5, 0.6) is 0 Å². The molecule has 110 valence electrons. The molecule has 1 aliphatic heterocycles. The lowest BCUT2D eigenvalue weighted by molar-refractivity contribution is 0.110. The quantitative estimate of drug-likeness (QED) is 0.940. The number of piperazine rings is 1. The molecule has 0 spiro atoms. The molecule has 4 nitrogen and oxygen atoms in total. The Labute approximate surface area is 124 Å². The maximum Gasteiger partial charge on any atom is 0.193 e. The molecule has 1 saturated heterocycles. The molecule has 0 aromatic carbocycles. The molecule has 2 atom stereocenters. The van der Waals surface area contributed by atoms with Gasteiger partial charge in [0.2, 0.25) is 0 Å². The van der Waals surface area contributed by atoms with Gasteiger partial charge in [-0.2, -0.15) is 0 Å². The van der Waals surface area contributed by atoms with Crippen LogP contribution in [0.3, 0.4) is 0 Å². The predicted octanol–water partition coefficient (Wildman–Crippen LogP) is 2.60. The Hall–Kier alpha value is -0.910. The molecule has 0 bridgehead atoms. The van der Waals surface area contributed by atoms with Crippen molar-refractivity contribution in [2.24, 2.45) is 5.92 Å². The molecule has 1 aliphatic rings. The molecule has 5 heteroatoms. The van der Waals surface area contributed by atoms with Crippen molar-refractivity contribution in [2.45, 2.75) is 45.8 Å². The number of rotatable bonds is 4. The van der Waals surface area contributed by atoms with E-state index in [1.807, 2.05) is 0 Å². The van der Waals surface area contributed by atoms with Crippen molar-refractivity contribution in [1.29, 1.82) is 0 Å². The summed E-state index contributed by atoms with van der Waals surface area (Å²) < 4.78 is 2.13. The third kappa shape index (κ3) is 3.05. The zero-order valence-corrected chi connectivity index (χ0v) is 13.4. The highest BCUT2D eigenvalue weighted by molar-refractivity contribution is 7.15. The molecule has 0 radical (unpaired) electrons. The molecular formula is C15H24N4S. The summed E-state index contributed by atoms with van der Waals surface area (Å²) in [5.41, 5.74) is 1.19. The summed E-state index contributed by atoms with van der Waals surface area (Å²) in [6.45, 7) is 10.1. The van der Waals surface area contributed by atoms with Crippen LogP contribution in [0, 0.1) is 5.92 Å². The molecule has 3 heterocycles. The average Bonchev–Trinajstić information content (AvgIpc) is 2.93. The second kappa shape index (κ2) is 5.84. The van der Waals surface area contributed by atoms with Gasteiger partial charge in [-0.15, -0.1) is 11.3 Å². The lowest BCUT2D eigenvalue weighted by Crippen LogP contribution is -2.55. The van der Waals surface area contributed by atoms with Gasteiger partial charge in [0, 0.05) is 49.5 Å². The number of thiazole rings is 1. The largest absolute Gasteiger partial charge is 0.311 e. The lowest BCUT2D eigenvalue weighted by Gasteiger charge is -2.39. The molecule has 1 N–H and O–H groups in total. The Balaban J connectivity index is 1.72. The fraction of sp³-hybridized carbons (Fsp3) is 0.667.